The number of ether oxygens (including phenoxy) is 1. The summed E-state index contributed by atoms with van der Waals surface area (Å²) in [4.78, 5) is 16.7. The van der Waals surface area contributed by atoms with Crippen molar-refractivity contribution in [1.29, 1.82) is 0 Å². The second kappa shape index (κ2) is 8.89. The Morgan fingerprint density at radius 2 is 1.86 bits per heavy atom. The fourth-order valence-electron chi connectivity index (χ4n) is 2.61. The lowest BCUT2D eigenvalue weighted by Gasteiger charge is -2.15. The summed E-state index contributed by atoms with van der Waals surface area (Å²) in [6, 6.07) is 14.5. The average Bonchev–Trinajstić information content (AvgIpc) is 3.17. The molecule has 3 rings (SSSR count). The van der Waals surface area contributed by atoms with E-state index in [2.05, 4.69) is 15.5 Å². The van der Waals surface area contributed by atoms with Crippen LogP contribution < -0.4 is 10.1 Å². The van der Waals surface area contributed by atoms with Crippen molar-refractivity contribution in [3.05, 3.63) is 64.9 Å². The van der Waals surface area contributed by atoms with Gasteiger partial charge in [-0.2, -0.15) is 4.98 Å². The van der Waals surface area contributed by atoms with Crippen molar-refractivity contribution in [2.75, 3.05) is 6.61 Å². The van der Waals surface area contributed by atoms with Crippen molar-refractivity contribution >= 4 is 17.5 Å². The van der Waals surface area contributed by atoms with Gasteiger partial charge < -0.3 is 14.6 Å². The Balaban J connectivity index is 1.64. The number of nitrogens with zero attached hydrogens (tertiary/aromatic N) is 2. The Morgan fingerprint density at radius 1 is 1.14 bits per heavy atom. The molecule has 0 aliphatic heterocycles. The molecule has 2 aromatic carbocycles. The van der Waals surface area contributed by atoms with E-state index in [1.54, 1.807) is 18.2 Å². The number of aromatic nitrogens is 2. The Hall–Kier alpha value is -2.86. The van der Waals surface area contributed by atoms with Gasteiger partial charge >= 0.3 is 0 Å². The number of carbonyl (C=O) groups is 1. The SMILES string of the molecule is CC(C)c1noc(-c2ccccc2OCC(=O)N[C@@H](C)c2ccc(Cl)cc2)n1. The highest BCUT2D eigenvalue weighted by Crippen LogP contribution is 2.29. The Bertz CT molecular complexity index is 938. The molecule has 28 heavy (non-hydrogen) atoms. The highest BCUT2D eigenvalue weighted by Gasteiger charge is 2.16. The first kappa shape index (κ1) is 19.9. The summed E-state index contributed by atoms with van der Waals surface area (Å²) in [5, 5.41) is 7.54. The summed E-state index contributed by atoms with van der Waals surface area (Å²) in [5.74, 6) is 1.43. The third-order valence-corrected chi connectivity index (χ3v) is 4.43. The van der Waals surface area contributed by atoms with Gasteiger partial charge in [0.25, 0.3) is 11.8 Å². The molecule has 146 valence electrons. The molecular weight excluding hydrogens is 378 g/mol. The van der Waals surface area contributed by atoms with Gasteiger partial charge in [-0.1, -0.05) is 54.9 Å². The van der Waals surface area contributed by atoms with Crippen LogP contribution in [-0.2, 0) is 4.79 Å². The van der Waals surface area contributed by atoms with E-state index < -0.39 is 0 Å². The summed E-state index contributed by atoms with van der Waals surface area (Å²) in [6.07, 6.45) is 0. The minimum Gasteiger partial charge on any atom is -0.483 e. The monoisotopic (exact) mass is 399 g/mol. The van der Waals surface area contributed by atoms with Crippen LogP contribution in [0.3, 0.4) is 0 Å². The summed E-state index contributed by atoms with van der Waals surface area (Å²) in [7, 11) is 0. The van der Waals surface area contributed by atoms with Crippen LogP contribution in [0.5, 0.6) is 5.75 Å². The fourth-order valence-corrected chi connectivity index (χ4v) is 2.74. The lowest BCUT2D eigenvalue weighted by Crippen LogP contribution is -2.31. The van der Waals surface area contributed by atoms with Crippen LogP contribution in [0.1, 0.15) is 44.1 Å². The van der Waals surface area contributed by atoms with Gasteiger partial charge in [0.2, 0.25) is 0 Å². The molecule has 7 heteroatoms. The van der Waals surface area contributed by atoms with Gasteiger partial charge in [0, 0.05) is 10.9 Å². The van der Waals surface area contributed by atoms with Crippen molar-refractivity contribution in [2.45, 2.75) is 32.7 Å². The maximum absolute atomic E-state index is 12.3. The van der Waals surface area contributed by atoms with Crippen molar-refractivity contribution < 1.29 is 14.1 Å². The summed E-state index contributed by atoms with van der Waals surface area (Å²) >= 11 is 5.90. The van der Waals surface area contributed by atoms with E-state index in [9.17, 15) is 4.79 Å². The number of amides is 1. The van der Waals surface area contributed by atoms with Gasteiger partial charge in [-0.25, -0.2) is 0 Å². The first-order chi connectivity index (χ1) is 13.4. The third kappa shape index (κ3) is 4.89. The van der Waals surface area contributed by atoms with Crippen LogP contribution in [0.15, 0.2) is 53.1 Å². The minimum atomic E-state index is -0.231. The highest BCUT2D eigenvalue weighted by molar-refractivity contribution is 6.30. The van der Waals surface area contributed by atoms with E-state index in [1.165, 1.54) is 0 Å². The molecule has 0 aliphatic carbocycles. The predicted octanol–water partition coefficient (Wildman–Crippen LogP) is 4.77. The van der Waals surface area contributed by atoms with E-state index in [1.807, 2.05) is 51.1 Å². The molecule has 0 radical (unpaired) electrons. The minimum absolute atomic E-state index is 0.125. The fraction of sp³-hybridized carbons (Fsp3) is 0.286. The van der Waals surface area contributed by atoms with Crippen molar-refractivity contribution in [3.63, 3.8) is 0 Å². The number of hydrogen-bond acceptors (Lipinski definition) is 5. The van der Waals surface area contributed by atoms with E-state index in [0.717, 1.165) is 5.56 Å². The molecule has 0 spiro atoms. The summed E-state index contributed by atoms with van der Waals surface area (Å²) in [6.45, 7) is 5.76. The lowest BCUT2D eigenvalue weighted by atomic mass is 10.1. The molecular formula is C21H22ClN3O3. The van der Waals surface area contributed by atoms with Gasteiger partial charge in [-0.05, 0) is 36.8 Å². The predicted molar refractivity (Wildman–Crippen MR) is 107 cm³/mol. The largest absolute Gasteiger partial charge is 0.483 e. The molecule has 1 N–H and O–H groups in total. The number of carbonyl (C=O) groups excluding carboxylic acids is 1. The maximum Gasteiger partial charge on any atom is 0.261 e. The zero-order valence-electron chi connectivity index (χ0n) is 16.0. The molecule has 0 bridgehead atoms. The van der Waals surface area contributed by atoms with E-state index in [4.69, 9.17) is 20.9 Å². The van der Waals surface area contributed by atoms with Crippen LogP contribution in [0.4, 0.5) is 0 Å². The molecule has 0 saturated heterocycles. The zero-order valence-corrected chi connectivity index (χ0v) is 16.7. The van der Waals surface area contributed by atoms with Gasteiger partial charge in [0.15, 0.2) is 12.4 Å². The number of halogens is 1. The number of para-hydroxylation sites is 1. The molecule has 0 saturated carbocycles. The molecule has 6 nitrogen and oxygen atoms in total. The molecule has 1 amide bonds. The maximum atomic E-state index is 12.3. The van der Waals surface area contributed by atoms with Crippen molar-refractivity contribution in [2.24, 2.45) is 0 Å². The molecule has 1 heterocycles. The highest BCUT2D eigenvalue weighted by atomic mass is 35.5. The smallest absolute Gasteiger partial charge is 0.261 e. The molecule has 0 fully saturated rings. The van der Waals surface area contributed by atoms with E-state index in [0.29, 0.717) is 28.1 Å². The quantitative estimate of drug-likeness (QED) is 0.619. The zero-order chi connectivity index (χ0) is 20.1. The molecule has 0 aliphatic rings. The van der Waals surface area contributed by atoms with Crippen LogP contribution in [0.2, 0.25) is 5.02 Å². The Morgan fingerprint density at radius 3 is 2.54 bits per heavy atom. The first-order valence-electron chi connectivity index (χ1n) is 9.04. The normalized spacial score (nSPS) is 12.0. The van der Waals surface area contributed by atoms with Crippen molar-refractivity contribution in [3.8, 4) is 17.2 Å². The number of rotatable bonds is 7. The second-order valence-electron chi connectivity index (χ2n) is 6.74. The van der Waals surface area contributed by atoms with Crippen molar-refractivity contribution in [1.82, 2.24) is 15.5 Å². The standard InChI is InChI=1S/C21H22ClN3O3/c1-13(2)20-24-21(28-25-20)17-6-4-5-7-18(17)27-12-19(26)23-14(3)15-8-10-16(22)11-9-15/h4-11,13-14H,12H2,1-3H3,(H,23,26)/t14-/m0/s1. The van der Waals surface area contributed by atoms with Crippen LogP contribution in [0, 0.1) is 0 Å². The number of hydrogen-bond donors (Lipinski definition) is 1. The van der Waals surface area contributed by atoms with Gasteiger partial charge in [0.05, 0.1) is 11.6 Å². The van der Waals surface area contributed by atoms with Crippen LogP contribution in [0.25, 0.3) is 11.5 Å². The summed E-state index contributed by atoms with van der Waals surface area (Å²) in [5.41, 5.74) is 1.62. The topological polar surface area (TPSA) is 77.2 Å². The lowest BCUT2D eigenvalue weighted by molar-refractivity contribution is -0.123. The van der Waals surface area contributed by atoms with Crippen LogP contribution in [-0.4, -0.2) is 22.7 Å². The van der Waals surface area contributed by atoms with Gasteiger partial charge in [-0.15, -0.1) is 0 Å². The molecule has 3 aromatic rings. The third-order valence-electron chi connectivity index (χ3n) is 4.18. The average molecular weight is 400 g/mol. The summed E-state index contributed by atoms with van der Waals surface area (Å²) < 4.78 is 11.1. The van der Waals surface area contributed by atoms with E-state index in [-0.39, 0.29) is 24.5 Å². The van der Waals surface area contributed by atoms with Gasteiger partial charge in [0.1, 0.15) is 5.75 Å². The second-order valence-corrected chi connectivity index (χ2v) is 7.17. The van der Waals surface area contributed by atoms with E-state index >= 15 is 0 Å². The van der Waals surface area contributed by atoms with Crippen LogP contribution >= 0.6 is 11.6 Å². The molecule has 1 atom stereocenters. The Kier molecular flexibility index (Phi) is 6.31. The number of benzene rings is 2. The molecule has 1 aromatic heterocycles. The Labute approximate surface area is 168 Å². The van der Waals surface area contributed by atoms with Gasteiger partial charge in [-0.3, -0.25) is 4.79 Å². The first-order valence-corrected chi connectivity index (χ1v) is 9.42. The molecule has 0 unspecified atom stereocenters. The number of nitrogens with one attached hydrogen (secondary N) is 1.